The number of carbonyl (C=O) groups excluding carboxylic acids is 6. The first-order chi connectivity index (χ1) is 29.9. The Kier molecular flexibility index (Phi) is 11.3. The number of halogens is 3. The van der Waals surface area contributed by atoms with E-state index in [4.69, 9.17) is 23.2 Å². The van der Waals surface area contributed by atoms with E-state index in [0.717, 1.165) is 49.7 Å². The molecule has 320 valence electrons. The number of nitrogens with one attached hydrogen (secondary N) is 4. The summed E-state index contributed by atoms with van der Waals surface area (Å²) in [6.45, 7) is 0.326. The van der Waals surface area contributed by atoms with Crippen molar-refractivity contribution in [2.24, 2.45) is 0 Å². The number of hydrogen-bond donors (Lipinski definition) is 4. The third kappa shape index (κ3) is 7.09. The van der Waals surface area contributed by atoms with Gasteiger partial charge in [-0.2, -0.15) is 0 Å². The van der Waals surface area contributed by atoms with Crippen molar-refractivity contribution in [3.63, 3.8) is 0 Å². The van der Waals surface area contributed by atoms with Gasteiger partial charge in [0.1, 0.15) is 17.3 Å². The van der Waals surface area contributed by atoms with E-state index in [-0.39, 0.29) is 40.5 Å². The second-order valence-corrected chi connectivity index (χ2v) is 18.1. The van der Waals surface area contributed by atoms with Crippen LogP contribution in [0, 0.1) is 5.82 Å². The van der Waals surface area contributed by atoms with Crippen molar-refractivity contribution in [3.05, 3.63) is 128 Å². The fourth-order valence-electron chi connectivity index (χ4n) is 11.0. The van der Waals surface area contributed by atoms with E-state index in [1.54, 1.807) is 59.5 Å². The van der Waals surface area contributed by atoms with Crippen LogP contribution in [0.25, 0.3) is 0 Å². The summed E-state index contributed by atoms with van der Waals surface area (Å²) in [6.07, 6.45) is 7.63. The average molecular weight is 879 g/mol. The van der Waals surface area contributed by atoms with Gasteiger partial charge in [-0.05, 0) is 109 Å². The van der Waals surface area contributed by atoms with E-state index >= 15 is 4.39 Å². The molecule has 4 atom stereocenters. The smallest absolute Gasteiger partial charge is 0.255 e. The molecule has 5 amide bonds. The van der Waals surface area contributed by atoms with E-state index in [0.29, 0.717) is 71.7 Å². The highest BCUT2D eigenvalue weighted by Gasteiger charge is 2.72. The Morgan fingerprint density at radius 1 is 0.871 bits per heavy atom. The molecular weight excluding hydrogens is 832 g/mol. The second-order valence-electron chi connectivity index (χ2n) is 17.2. The number of amides is 5. The van der Waals surface area contributed by atoms with Crippen LogP contribution in [-0.4, -0.2) is 57.8 Å². The first-order valence-electron chi connectivity index (χ1n) is 21.4. The molecule has 1 aliphatic carbocycles. The zero-order valence-electron chi connectivity index (χ0n) is 34.0. The van der Waals surface area contributed by atoms with E-state index < -0.39 is 46.6 Å². The minimum atomic E-state index is -1.35. The number of aryl methyl sites for hydroxylation is 1. The molecule has 0 aromatic heterocycles. The number of hydrogen-bond acceptors (Lipinski definition) is 7. The van der Waals surface area contributed by atoms with Crippen LogP contribution in [0.5, 0.6) is 0 Å². The van der Waals surface area contributed by atoms with Crippen LogP contribution in [0.15, 0.2) is 78.9 Å². The van der Waals surface area contributed by atoms with Crippen LogP contribution in [-0.2, 0) is 37.6 Å². The molecule has 4 aliphatic heterocycles. The number of fused-ring (bicyclic) bond motifs is 4. The molecule has 2 spiro atoms. The third-order valence-electron chi connectivity index (χ3n) is 13.8. The lowest BCUT2D eigenvalue weighted by Gasteiger charge is -2.47. The fourth-order valence-corrected chi connectivity index (χ4v) is 11.3. The maximum atomic E-state index is 16.2. The number of nitrogens with zero attached hydrogens (tertiary/aromatic N) is 1. The van der Waals surface area contributed by atoms with Gasteiger partial charge < -0.3 is 15.5 Å². The Morgan fingerprint density at radius 3 is 2.42 bits per heavy atom. The maximum absolute atomic E-state index is 16.2. The average Bonchev–Trinajstić information content (AvgIpc) is 3.85. The van der Waals surface area contributed by atoms with Crippen LogP contribution in [0.4, 0.5) is 15.8 Å². The molecular formula is C48H46Cl2FN5O6. The predicted molar refractivity (Wildman–Crippen MR) is 233 cm³/mol. The highest BCUT2D eigenvalue weighted by atomic mass is 35.5. The number of unbranched alkanes of at least 4 members (excludes halogenated alkanes) is 2. The zero-order chi connectivity index (χ0) is 43.3. The van der Waals surface area contributed by atoms with Crippen molar-refractivity contribution in [3.8, 4) is 0 Å². The normalized spacial score (nSPS) is 23.7. The number of imide groups is 1. The summed E-state index contributed by atoms with van der Waals surface area (Å²) < 4.78 is 16.2. The quantitative estimate of drug-likeness (QED) is 0.0674. The van der Waals surface area contributed by atoms with Gasteiger partial charge in [-0.25, -0.2) is 4.39 Å². The van der Waals surface area contributed by atoms with Gasteiger partial charge in [0.2, 0.25) is 23.6 Å². The van der Waals surface area contributed by atoms with Gasteiger partial charge in [0.05, 0.1) is 11.1 Å². The SMILES string of the molecule is O=C1CCC(N2Cc3c(CCCCCC(=O)c4ccc(NC(=O)[C@@H]5NC6(CCCCC6)[C@@]6(C(=O)Nc7cc(Cl)ccc76)[C@H]5c5cccc(Cl)c5F)cc4)cccc3C2=O)C(=O)N1. The highest BCUT2D eigenvalue weighted by molar-refractivity contribution is 6.31. The number of piperidine rings is 1. The molecule has 0 radical (unpaired) electrons. The molecule has 3 fully saturated rings. The number of rotatable bonds is 11. The molecule has 4 N–H and O–H groups in total. The second kappa shape index (κ2) is 16.7. The lowest BCUT2D eigenvalue weighted by Crippen LogP contribution is -2.60. The van der Waals surface area contributed by atoms with Gasteiger partial charge in [0.15, 0.2) is 5.78 Å². The van der Waals surface area contributed by atoms with Crippen molar-refractivity contribution >= 4 is 69.9 Å². The molecule has 9 rings (SSSR count). The number of benzene rings is 4. The van der Waals surface area contributed by atoms with Crippen molar-refractivity contribution < 1.29 is 33.2 Å². The van der Waals surface area contributed by atoms with Gasteiger partial charge in [-0.1, -0.05) is 79.2 Å². The molecule has 62 heavy (non-hydrogen) atoms. The third-order valence-corrected chi connectivity index (χ3v) is 14.3. The summed E-state index contributed by atoms with van der Waals surface area (Å²) in [7, 11) is 0. The predicted octanol–water partition coefficient (Wildman–Crippen LogP) is 8.17. The van der Waals surface area contributed by atoms with E-state index in [1.807, 2.05) is 18.2 Å². The molecule has 2 saturated heterocycles. The van der Waals surface area contributed by atoms with Crippen molar-refractivity contribution in [1.82, 2.24) is 15.5 Å². The first kappa shape index (κ1) is 41.9. The molecule has 0 bridgehead atoms. The molecule has 4 heterocycles. The molecule has 14 heteroatoms. The summed E-state index contributed by atoms with van der Waals surface area (Å²) in [5.41, 5.74) is 2.66. The van der Waals surface area contributed by atoms with Crippen LogP contribution < -0.4 is 21.3 Å². The van der Waals surface area contributed by atoms with Crippen molar-refractivity contribution in [2.45, 2.75) is 113 Å². The Hall–Kier alpha value is -5.43. The summed E-state index contributed by atoms with van der Waals surface area (Å²) in [5.74, 6) is -3.39. The lowest BCUT2D eigenvalue weighted by atomic mass is 9.55. The highest BCUT2D eigenvalue weighted by Crippen LogP contribution is 2.63. The summed E-state index contributed by atoms with van der Waals surface area (Å²) in [6, 6.07) is 20.6. The Balaban J connectivity index is 0.862. The minimum absolute atomic E-state index is 0.0323. The molecule has 11 nitrogen and oxygen atoms in total. The van der Waals surface area contributed by atoms with Gasteiger partial charge in [0.25, 0.3) is 5.91 Å². The number of carbonyl (C=O) groups is 6. The molecule has 5 aliphatic rings. The largest absolute Gasteiger partial charge is 0.325 e. The van der Waals surface area contributed by atoms with E-state index in [1.165, 1.54) is 6.07 Å². The van der Waals surface area contributed by atoms with Gasteiger partial charge >= 0.3 is 0 Å². The number of Topliss-reactive ketones (excluding diaryl/α,β-unsaturated/α-hetero) is 1. The van der Waals surface area contributed by atoms with Crippen molar-refractivity contribution in [1.29, 1.82) is 0 Å². The van der Waals surface area contributed by atoms with Crippen LogP contribution >= 0.6 is 23.2 Å². The standard InChI is InChI=1S/C48H46Cl2FN5O6/c49-29-17-20-34-36(25-29)53-46(62)48(34)40(32-12-8-13-35(50)41(32)51)42(55-47(48)23-5-2-6-24-47)44(60)52-30-18-15-28(16-19-30)38(57)14-4-1-3-9-27-10-7-11-31-33(27)26-56(45(31)61)37-21-22-39(58)54-43(37)59/h7-8,10-13,15-20,25,37,40,42,55H,1-6,9,14,21-24,26H2,(H,52,60)(H,53,62)(H,54,58,59)/t37?,40-,42+,48+/m0/s1. The van der Waals surface area contributed by atoms with E-state index in [9.17, 15) is 28.8 Å². The lowest BCUT2D eigenvalue weighted by molar-refractivity contribution is -0.137. The summed E-state index contributed by atoms with van der Waals surface area (Å²) in [5, 5.41) is 12.4. The maximum Gasteiger partial charge on any atom is 0.255 e. The molecule has 1 unspecified atom stereocenters. The van der Waals surface area contributed by atoms with Gasteiger partial charge in [0, 0.05) is 58.4 Å². The van der Waals surface area contributed by atoms with Crippen LogP contribution in [0.2, 0.25) is 10.0 Å². The molecule has 1 saturated carbocycles. The Labute approximate surface area is 368 Å². The first-order valence-corrected chi connectivity index (χ1v) is 22.2. The van der Waals surface area contributed by atoms with E-state index in [2.05, 4.69) is 21.3 Å². The van der Waals surface area contributed by atoms with Gasteiger partial charge in [-0.3, -0.25) is 39.4 Å². The zero-order valence-corrected chi connectivity index (χ0v) is 35.5. The van der Waals surface area contributed by atoms with Crippen LogP contribution in [0.3, 0.4) is 0 Å². The number of ketones is 1. The minimum Gasteiger partial charge on any atom is -0.325 e. The Bertz CT molecular complexity index is 2530. The Morgan fingerprint density at radius 2 is 1.65 bits per heavy atom. The summed E-state index contributed by atoms with van der Waals surface area (Å²) >= 11 is 12.8. The topological polar surface area (TPSA) is 154 Å². The van der Waals surface area contributed by atoms with Crippen molar-refractivity contribution in [2.75, 3.05) is 10.6 Å². The van der Waals surface area contributed by atoms with Crippen LogP contribution in [0.1, 0.15) is 120 Å². The molecule has 4 aromatic rings. The van der Waals surface area contributed by atoms with Gasteiger partial charge in [-0.15, -0.1) is 0 Å². The fraction of sp³-hybridized carbons (Fsp3) is 0.375. The monoisotopic (exact) mass is 877 g/mol. The number of anilines is 2. The molecule has 4 aromatic carbocycles. The summed E-state index contributed by atoms with van der Waals surface area (Å²) in [4.78, 5) is 81.4.